The van der Waals surface area contributed by atoms with Crippen molar-refractivity contribution in [1.82, 2.24) is 29.3 Å². The van der Waals surface area contributed by atoms with Gasteiger partial charge in [-0.15, -0.1) is 5.10 Å². The molecule has 0 radical (unpaired) electrons. The van der Waals surface area contributed by atoms with Crippen LogP contribution in [0.3, 0.4) is 0 Å². The normalized spacial score (nSPS) is 13.8. The second-order valence-corrected chi connectivity index (χ2v) is 6.11. The fourth-order valence-corrected chi connectivity index (χ4v) is 3.28. The minimum absolute atomic E-state index is 0.190. The SMILES string of the molecule is CCCc1noc(Cn2nc3c4c(nc(CC)n3c2=O)CCC4)n1. The monoisotopic (exact) mass is 328 g/mol. The molecule has 126 valence electrons. The summed E-state index contributed by atoms with van der Waals surface area (Å²) in [4.78, 5) is 21.8. The summed E-state index contributed by atoms with van der Waals surface area (Å²) in [5.74, 6) is 1.84. The lowest BCUT2D eigenvalue weighted by molar-refractivity contribution is 0.359. The molecule has 0 atom stereocenters. The quantitative estimate of drug-likeness (QED) is 0.701. The standard InChI is InChI=1S/C16H20N6O2/c1-3-6-12-18-14(24-20-12)9-21-16(23)22-13(4-2)17-11-8-5-7-10(11)15(22)19-21/h3-9H2,1-2H3. The molecule has 0 saturated carbocycles. The van der Waals surface area contributed by atoms with Crippen molar-refractivity contribution in [2.75, 3.05) is 0 Å². The fourth-order valence-electron chi connectivity index (χ4n) is 3.28. The lowest BCUT2D eigenvalue weighted by Gasteiger charge is -2.04. The summed E-state index contributed by atoms with van der Waals surface area (Å²) in [7, 11) is 0. The predicted molar refractivity (Wildman–Crippen MR) is 86.0 cm³/mol. The largest absolute Gasteiger partial charge is 0.352 e. The number of hydrogen-bond acceptors (Lipinski definition) is 6. The summed E-state index contributed by atoms with van der Waals surface area (Å²) in [5.41, 5.74) is 2.71. The Balaban J connectivity index is 1.79. The van der Waals surface area contributed by atoms with Gasteiger partial charge in [0.1, 0.15) is 12.4 Å². The highest BCUT2D eigenvalue weighted by Crippen LogP contribution is 2.23. The molecule has 0 aromatic carbocycles. The van der Waals surface area contributed by atoms with Crippen LogP contribution in [0.2, 0.25) is 0 Å². The first-order chi connectivity index (χ1) is 11.7. The van der Waals surface area contributed by atoms with Crippen LogP contribution in [0.4, 0.5) is 0 Å². The van der Waals surface area contributed by atoms with Gasteiger partial charge in [0.2, 0.25) is 5.89 Å². The van der Waals surface area contributed by atoms with E-state index >= 15 is 0 Å². The Morgan fingerprint density at radius 3 is 2.88 bits per heavy atom. The third-order valence-electron chi connectivity index (χ3n) is 4.41. The Morgan fingerprint density at radius 1 is 1.21 bits per heavy atom. The average molecular weight is 328 g/mol. The molecule has 0 saturated heterocycles. The zero-order valence-corrected chi connectivity index (χ0v) is 13.9. The molecule has 3 aromatic rings. The van der Waals surface area contributed by atoms with E-state index in [0.717, 1.165) is 54.8 Å². The van der Waals surface area contributed by atoms with E-state index in [-0.39, 0.29) is 12.2 Å². The molecule has 3 aromatic heterocycles. The number of nitrogens with zero attached hydrogens (tertiary/aromatic N) is 6. The molecule has 0 unspecified atom stereocenters. The van der Waals surface area contributed by atoms with Crippen LogP contribution in [0.25, 0.3) is 5.65 Å². The Morgan fingerprint density at radius 2 is 2.08 bits per heavy atom. The number of aryl methyl sites for hydroxylation is 4. The summed E-state index contributed by atoms with van der Waals surface area (Å²) in [6.07, 6.45) is 5.36. The molecule has 0 spiro atoms. The lowest BCUT2D eigenvalue weighted by atomic mass is 10.2. The Bertz CT molecular complexity index is 952. The molecule has 8 nitrogen and oxygen atoms in total. The zero-order chi connectivity index (χ0) is 16.7. The minimum atomic E-state index is -0.195. The van der Waals surface area contributed by atoms with Gasteiger partial charge in [0.05, 0.1) is 0 Å². The fraction of sp³-hybridized carbons (Fsp3) is 0.562. The van der Waals surface area contributed by atoms with Crippen molar-refractivity contribution < 1.29 is 4.52 Å². The Kier molecular flexibility index (Phi) is 3.66. The Labute approximate surface area is 138 Å². The van der Waals surface area contributed by atoms with Gasteiger partial charge in [-0.1, -0.05) is 19.0 Å². The van der Waals surface area contributed by atoms with Gasteiger partial charge < -0.3 is 4.52 Å². The van der Waals surface area contributed by atoms with Gasteiger partial charge in [-0.05, 0) is 25.7 Å². The van der Waals surface area contributed by atoms with Gasteiger partial charge in [0.25, 0.3) is 0 Å². The van der Waals surface area contributed by atoms with Crippen molar-refractivity contribution in [2.24, 2.45) is 0 Å². The second-order valence-electron chi connectivity index (χ2n) is 6.11. The summed E-state index contributed by atoms with van der Waals surface area (Å²) >= 11 is 0. The van der Waals surface area contributed by atoms with Crippen LogP contribution in [-0.2, 0) is 32.2 Å². The summed E-state index contributed by atoms with van der Waals surface area (Å²) in [6, 6.07) is 0. The van der Waals surface area contributed by atoms with Crippen LogP contribution in [0.1, 0.15) is 55.5 Å². The van der Waals surface area contributed by atoms with Crippen molar-refractivity contribution >= 4 is 5.65 Å². The average Bonchev–Trinajstić information content (AvgIpc) is 3.28. The van der Waals surface area contributed by atoms with Crippen LogP contribution in [0, 0.1) is 0 Å². The molecule has 0 N–H and O–H groups in total. The highest BCUT2D eigenvalue weighted by Gasteiger charge is 2.23. The first kappa shape index (κ1) is 15.0. The molecule has 1 aliphatic carbocycles. The topological polar surface area (TPSA) is 91.1 Å². The summed E-state index contributed by atoms with van der Waals surface area (Å²) in [5, 5.41) is 8.47. The van der Waals surface area contributed by atoms with Gasteiger partial charge in [-0.25, -0.2) is 18.9 Å². The van der Waals surface area contributed by atoms with Gasteiger partial charge in [0.15, 0.2) is 11.5 Å². The molecule has 1 aliphatic rings. The molecule has 4 rings (SSSR count). The maximum atomic E-state index is 12.8. The molecule has 24 heavy (non-hydrogen) atoms. The van der Waals surface area contributed by atoms with Gasteiger partial charge in [-0.2, -0.15) is 4.98 Å². The number of aromatic nitrogens is 6. The van der Waals surface area contributed by atoms with Gasteiger partial charge in [-0.3, -0.25) is 0 Å². The maximum Gasteiger partial charge on any atom is 0.352 e. The predicted octanol–water partition coefficient (Wildman–Crippen LogP) is 1.33. The van der Waals surface area contributed by atoms with Crippen LogP contribution in [0.15, 0.2) is 9.32 Å². The molecule has 0 aliphatic heterocycles. The molecule has 0 fully saturated rings. The highest BCUT2D eigenvalue weighted by molar-refractivity contribution is 5.51. The second kappa shape index (κ2) is 5.85. The van der Waals surface area contributed by atoms with E-state index in [4.69, 9.17) is 4.52 Å². The maximum absolute atomic E-state index is 12.8. The van der Waals surface area contributed by atoms with E-state index < -0.39 is 0 Å². The minimum Gasteiger partial charge on any atom is -0.337 e. The molecule has 8 heteroatoms. The lowest BCUT2D eigenvalue weighted by Crippen LogP contribution is -2.24. The van der Waals surface area contributed by atoms with Crippen molar-refractivity contribution in [3.63, 3.8) is 0 Å². The Hall–Kier alpha value is -2.51. The van der Waals surface area contributed by atoms with Crippen molar-refractivity contribution in [2.45, 2.75) is 58.9 Å². The van der Waals surface area contributed by atoms with Gasteiger partial charge in [0, 0.05) is 24.1 Å². The van der Waals surface area contributed by atoms with E-state index in [1.54, 1.807) is 4.40 Å². The van der Waals surface area contributed by atoms with Crippen molar-refractivity contribution in [3.8, 4) is 0 Å². The third-order valence-corrected chi connectivity index (χ3v) is 4.41. The summed E-state index contributed by atoms with van der Waals surface area (Å²) < 4.78 is 8.27. The molecule has 0 amide bonds. The highest BCUT2D eigenvalue weighted by atomic mass is 16.5. The van der Waals surface area contributed by atoms with Crippen LogP contribution < -0.4 is 5.69 Å². The number of fused-ring (bicyclic) bond motifs is 3. The number of hydrogen-bond donors (Lipinski definition) is 0. The van der Waals surface area contributed by atoms with E-state index in [0.29, 0.717) is 18.1 Å². The number of rotatable bonds is 5. The van der Waals surface area contributed by atoms with Crippen molar-refractivity contribution in [3.05, 3.63) is 39.3 Å². The van der Waals surface area contributed by atoms with E-state index in [2.05, 4.69) is 27.1 Å². The summed E-state index contributed by atoms with van der Waals surface area (Å²) in [6.45, 7) is 4.25. The molecular weight excluding hydrogens is 308 g/mol. The van der Waals surface area contributed by atoms with E-state index in [1.807, 2.05) is 6.92 Å². The van der Waals surface area contributed by atoms with Crippen molar-refractivity contribution in [1.29, 1.82) is 0 Å². The first-order valence-electron chi connectivity index (χ1n) is 8.53. The third kappa shape index (κ3) is 2.33. The first-order valence-corrected chi connectivity index (χ1v) is 8.53. The van der Waals surface area contributed by atoms with Crippen LogP contribution in [0.5, 0.6) is 0 Å². The van der Waals surface area contributed by atoms with Crippen LogP contribution >= 0.6 is 0 Å². The molecular formula is C16H20N6O2. The van der Waals surface area contributed by atoms with E-state index in [1.165, 1.54) is 4.68 Å². The van der Waals surface area contributed by atoms with Crippen LogP contribution in [-0.4, -0.2) is 29.3 Å². The molecule has 0 bridgehead atoms. The molecule has 3 heterocycles. The van der Waals surface area contributed by atoms with Gasteiger partial charge >= 0.3 is 5.69 Å². The van der Waals surface area contributed by atoms with E-state index in [9.17, 15) is 4.79 Å². The zero-order valence-electron chi connectivity index (χ0n) is 13.9. The smallest absolute Gasteiger partial charge is 0.337 e.